The highest BCUT2D eigenvalue weighted by Gasteiger charge is 2.48. The average Bonchev–Trinajstić information content (AvgIpc) is 3.05. The Morgan fingerprint density at radius 2 is 1.83 bits per heavy atom. The normalized spacial score (nSPS) is 20.5. The molecule has 0 bridgehead atoms. The monoisotopic (exact) mass is 311 g/mol. The lowest BCUT2D eigenvalue weighted by atomic mass is 9.76. The third-order valence-corrected chi connectivity index (χ3v) is 5.29. The highest BCUT2D eigenvalue weighted by Crippen LogP contribution is 2.40. The molecule has 0 aliphatic carbocycles. The van der Waals surface area contributed by atoms with Gasteiger partial charge in [-0.2, -0.15) is 5.10 Å². The number of piperidine rings is 1. The lowest BCUT2D eigenvalue weighted by Gasteiger charge is -2.56. The predicted molar refractivity (Wildman–Crippen MR) is 86.5 cm³/mol. The lowest BCUT2D eigenvalue weighted by molar-refractivity contribution is -0.0350. The molecule has 23 heavy (non-hydrogen) atoms. The molecule has 0 N–H and O–H groups in total. The summed E-state index contributed by atoms with van der Waals surface area (Å²) >= 11 is 0. The first-order valence-corrected chi connectivity index (χ1v) is 8.14. The summed E-state index contributed by atoms with van der Waals surface area (Å²) in [5.41, 5.74) is 1.67. The number of carbonyl (C=O) groups excluding carboxylic acids is 1. The van der Waals surface area contributed by atoms with E-state index in [4.69, 9.17) is 0 Å². The minimum Gasteiger partial charge on any atom is -0.333 e. The first kappa shape index (κ1) is 14.4. The van der Waals surface area contributed by atoms with Crippen LogP contribution in [0.15, 0.2) is 36.9 Å². The second-order valence-electron chi connectivity index (χ2n) is 6.61. The Bertz CT molecular complexity index is 703. The van der Waals surface area contributed by atoms with Crippen molar-refractivity contribution in [3.05, 3.63) is 42.5 Å². The molecule has 1 spiro atoms. The standard InChI is InChI=1S/C17H21N5O/c1-20-9-4-17(5-10-20)6-11-21(17)16(23)14-12-19-22(13-14)15-2-7-18-8-3-15/h2-3,7-8,12-13H,4-6,9-11H2,1H3. The molecule has 4 heterocycles. The minimum atomic E-state index is 0.0857. The number of amides is 1. The van der Waals surface area contributed by atoms with E-state index in [2.05, 4.69) is 26.9 Å². The van der Waals surface area contributed by atoms with E-state index in [1.807, 2.05) is 18.3 Å². The van der Waals surface area contributed by atoms with E-state index >= 15 is 0 Å². The van der Waals surface area contributed by atoms with Gasteiger partial charge in [0.25, 0.3) is 5.91 Å². The van der Waals surface area contributed by atoms with Crippen LogP contribution in [0.5, 0.6) is 0 Å². The van der Waals surface area contributed by atoms with Gasteiger partial charge in [-0.05, 0) is 38.4 Å². The van der Waals surface area contributed by atoms with Crippen molar-refractivity contribution in [2.45, 2.75) is 24.8 Å². The molecule has 6 nitrogen and oxygen atoms in total. The van der Waals surface area contributed by atoms with Gasteiger partial charge in [0.2, 0.25) is 0 Å². The van der Waals surface area contributed by atoms with Crippen molar-refractivity contribution in [3.63, 3.8) is 0 Å². The molecule has 2 saturated heterocycles. The van der Waals surface area contributed by atoms with E-state index in [-0.39, 0.29) is 11.4 Å². The minimum absolute atomic E-state index is 0.0857. The van der Waals surface area contributed by atoms with Gasteiger partial charge in [-0.15, -0.1) is 0 Å². The van der Waals surface area contributed by atoms with Crippen molar-refractivity contribution in [3.8, 4) is 5.69 Å². The fraction of sp³-hybridized carbons (Fsp3) is 0.471. The summed E-state index contributed by atoms with van der Waals surface area (Å²) in [6.45, 7) is 3.00. The average molecular weight is 311 g/mol. The molecule has 0 saturated carbocycles. The Hall–Kier alpha value is -2.21. The second kappa shape index (κ2) is 5.45. The molecule has 120 valence electrons. The van der Waals surface area contributed by atoms with E-state index in [0.29, 0.717) is 5.56 Å². The Morgan fingerprint density at radius 3 is 2.48 bits per heavy atom. The number of pyridine rings is 1. The summed E-state index contributed by atoms with van der Waals surface area (Å²) in [6.07, 6.45) is 10.2. The Labute approximate surface area is 135 Å². The molecule has 1 amide bonds. The van der Waals surface area contributed by atoms with Gasteiger partial charge in [0.15, 0.2) is 0 Å². The molecule has 0 radical (unpaired) electrons. The fourth-order valence-corrected chi connectivity index (χ4v) is 3.64. The topological polar surface area (TPSA) is 54.3 Å². The quantitative estimate of drug-likeness (QED) is 0.845. The number of hydrogen-bond donors (Lipinski definition) is 0. The van der Waals surface area contributed by atoms with Gasteiger partial charge in [-0.3, -0.25) is 9.78 Å². The Balaban J connectivity index is 1.53. The molecule has 0 atom stereocenters. The molecule has 0 aromatic carbocycles. The molecular weight excluding hydrogens is 290 g/mol. The first-order chi connectivity index (χ1) is 11.2. The van der Waals surface area contributed by atoms with E-state index in [0.717, 1.165) is 44.6 Å². The number of likely N-dealkylation sites (tertiary alicyclic amines) is 2. The maximum atomic E-state index is 12.9. The maximum absolute atomic E-state index is 12.9. The van der Waals surface area contributed by atoms with Crippen molar-refractivity contribution in [1.82, 2.24) is 24.6 Å². The van der Waals surface area contributed by atoms with Crippen LogP contribution in [0.25, 0.3) is 5.69 Å². The van der Waals surface area contributed by atoms with Gasteiger partial charge >= 0.3 is 0 Å². The van der Waals surface area contributed by atoms with Gasteiger partial charge < -0.3 is 9.80 Å². The van der Waals surface area contributed by atoms with Crippen LogP contribution in [-0.4, -0.2) is 62.7 Å². The molecule has 2 aliphatic heterocycles. The molecule has 2 aromatic heterocycles. The summed E-state index contributed by atoms with van der Waals surface area (Å²) in [7, 11) is 2.15. The highest BCUT2D eigenvalue weighted by molar-refractivity contribution is 5.95. The van der Waals surface area contributed by atoms with E-state index in [1.165, 1.54) is 0 Å². The van der Waals surface area contributed by atoms with Gasteiger partial charge in [0.05, 0.1) is 17.4 Å². The van der Waals surface area contributed by atoms with Crippen LogP contribution in [0.4, 0.5) is 0 Å². The fourth-order valence-electron chi connectivity index (χ4n) is 3.64. The predicted octanol–water partition coefficient (Wildman–Crippen LogP) is 1.58. The van der Waals surface area contributed by atoms with Crippen LogP contribution < -0.4 is 0 Å². The molecule has 0 unspecified atom stereocenters. The molecule has 2 aliphatic rings. The van der Waals surface area contributed by atoms with Crippen molar-refractivity contribution >= 4 is 5.91 Å². The third-order valence-electron chi connectivity index (χ3n) is 5.29. The van der Waals surface area contributed by atoms with Crippen molar-refractivity contribution < 1.29 is 4.79 Å². The lowest BCUT2D eigenvalue weighted by Crippen LogP contribution is -2.65. The van der Waals surface area contributed by atoms with Crippen molar-refractivity contribution in [2.75, 3.05) is 26.7 Å². The Kier molecular flexibility index (Phi) is 3.41. The van der Waals surface area contributed by atoms with Crippen LogP contribution in [0.2, 0.25) is 0 Å². The molecular formula is C17H21N5O. The van der Waals surface area contributed by atoms with Crippen LogP contribution in [0, 0.1) is 0 Å². The molecule has 4 rings (SSSR count). The summed E-state index contributed by atoms with van der Waals surface area (Å²) in [5.74, 6) is 0.112. The molecule has 6 heteroatoms. The number of hydrogen-bond acceptors (Lipinski definition) is 4. The number of rotatable bonds is 2. The van der Waals surface area contributed by atoms with Crippen LogP contribution >= 0.6 is 0 Å². The zero-order chi connectivity index (χ0) is 15.9. The number of aromatic nitrogens is 3. The van der Waals surface area contributed by atoms with Crippen molar-refractivity contribution in [2.24, 2.45) is 0 Å². The van der Waals surface area contributed by atoms with Crippen LogP contribution in [-0.2, 0) is 0 Å². The number of carbonyl (C=O) groups is 1. The highest BCUT2D eigenvalue weighted by atomic mass is 16.2. The van der Waals surface area contributed by atoms with Crippen LogP contribution in [0.1, 0.15) is 29.6 Å². The molecule has 2 fully saturated rings. The second-order valence-corrected chi connectivity index (χ2v) is 6.61. The SMILES string of the molecule is CN1CCC2(CC1)CCN2C(=O)c1cnn(-c2ccncc2)c1. The smallest absolute Gasteiger partial charge is 0.257 e. The van der Waals surface area contributed by atoms with E-state index < -0.39 is 0 Å². The van der Waals surface area contributed by atoms with Gasteiger partial charge in [0, 0.05) is 43.8 Å². The summed E-state index contributed by atoms with van der Waals surface area (Å²) in [4.78, 5) is 21.3. The summed E-state index contributed by atoms with van der Waals surface area (Å²) < 4.78 is 1.73. The van der Waals surface area contributed by atoms with Gasteiger partial charge in [-0.1, -0.05) is 0 Å². The maximum Gasteiger partial charge on any atom is 0.257 e. The van der Waals surface area contributed by atoms with E-state index in [1.54, 1.807) is 23.3 Å². The van der Waals surface area contributed by atoms with Gasteiger partial charge in [-0.25, -0.2) is 4.68 Å². The van der Waals surface area contributed by atoms with Gasteiger partial charge in [0.1, 0.15) is 0 Å². The summed E-state index contributed by atoms with van der Waals surface area (Å²) in [5, 5.41) is 4.33. The first-order valence-electron chi connectivity index (χ1n) is 8.14. The van der Waals surface area contributed by atoms with E-state index in [9.17, 15) is 4.79 Å². The summed E-state index contributed by atoms with van der Waals surface area (Å²) in [6, 6.07) is 3.76. The van der Waals surface area contributed by atoms with Crippen LogP contribution in [0.3, 0.4) is 0 Å². The Morgan fingerprint density at radius 1 is 1.13 bits per heavy atom. The number of nitrogens with zero attached hydrogens (tertiary/aromatic N) is 5. The largest absolute Gasteiger partial charge is 0.333 e. The zero-order valence-electron chi connectivity index (χ0n) is 13.4. The van der Waals surface area contributed by atoms with Crippen molar-refractivity contribution in [1.29, 1.82) is 0 Å². The zero-order valence-corrected chi connectivity index (χ0v) is 13.4. The molecule has 2 aromatic rings. The third kappa shape index (κ3) is 2.43.